The Morgan fingerprint density at radius 1 is 0.952 bits per heavy atom. The lowest BCUT2D eigenvalue weighted by Crippen LogP contribution is -2.18. The molecule has 0 bridgehead atoms. The Bertz CT molecular complexity index is 426. The number of hydrogen-bond acceptors (Lipinski definition) is 2. The van der Waals surface area contributed by atoms with E-state index in [4.69, 9.17) is 4.74 Å². The van der Waals surface area contributed by atoms with Gasteiger partial charge in [0.1, 0.15) is 5.75 Å². The van der Waals surface area contributed by atoms with Crippen molar-refractivity contribution in [2.75, 3.05) is 13.2 Å². The minimum Gasteiger partial charge on any atom is -0.507 e. The third-order valence-corrected chi connectivity index (χ3v) is 3.74. The van der Waals surface area contributed by atoms with Gasteiger partial charge in [-0.3, -0.25) is 0 Å². The van der Waals surface area contributed by atoms with Crippen LogP contribution < -0.4 is 0 Å². The van der Waals surface area contributed by atoms with Crippen LogP contribution in [0.5, 0.6) is 5.75 Å². The average Bonchev–Trinajstić information content (AvgIpc) is 2.33. The maximum atomic E-state index is 10.7. The molecular formula is C19H32O2. The van der Waals surface area contributed by atoms with Crippen molar-refractivity contribution in [1.29, 1.82) is 0 Å². The van der Waals surface area contributed by atoms with Gasteiger partial charge in [-0.15, -0.1) is 0 Å². The van der Waals surface area contributed by atoms with Crippen LogP contribution in [0.1, 0.15) is 71.6 Å². The number of rotatable bonds is 5. The van der Waals surface area contributed by atoms with Crippen molar-refractivity contribution in [2.45, 2.75) is 72.1 Å². The van der Waals surface area contributed by atoms with Crippen LogP contribution >= 0.6 is 0 Å². The van der Waals surface area contributed by atoms with Crippen molar-refractivity contribution in [3.8, 4) is 5.75 Å². The van der Waals surface area contributed by atoms with E-state index in [9.17, 15) is 5.11 Å². The van der Waals surface area contributed by atoms with Gasteiger partial charge < -0.3 is 9.84 Å². The molecule has 0 unspecified atom stereocenters. The van der Waals surface area contributed by atoms with E-state index in [-0.39, 0.29) is 10.8 Å². The number of aromatic hydroxyl groups is 1. The highest BCUT2D eigenvalue weighted by molar-refractivity contribution is 5.49. The van der Waals surface area contributed by atoms with Crippen molar-refractivity contribution in [3.63, 3.8) is 0 Å². The fraction of sp³-hybridized carbons (Fsp3) is 0.684. The molecule has 1 aromatic carbocycles. The van der Waals surface area contributed by atoms with Crippen molar-refractivity contribution >= 4 is 0 Å². The Hall–Kier alpha value is -1.02. The van der Waals surface area contributed by atoms with Crippen LogP contribution in [0, 0.1) is 0 Å². The van der Waals surface area contributed by atoms with Gasteiger partial charge in [-0.2, -0.15) is 0 Å². The Morgan fingerprint density at radius 2 is 1.43 bits per heavy atom. The maximum absolute atomic E-state index is 10.7. The first-order valence-electron chi connectivity index (χ1n) is 8.02. The largest absolute Gasteiger partial charge is 0.507 e. The molecule has 0 fully saturated rings. The molecule has 0 heterocycles. The summed E-state index contributed by atoms with van der Waals surface area (Å²) >= 11 is 0. The second kappa shape index (κ2) is 6.83. The Kier molecular flexibility index (Phi) is 5.86. The molecule has 0 spiro atoms. The van der Waals surface area contributed by atoms with Crippen molar-refractivity contribution in [3.05, 3.63) is 28.8 Å². The third-order valence-electron chi connectivity index (χ3n) is 3.74. The second-order valence-corrected chi connectivity index (χ2v) is 7.84. The van der Waals surface area contributed by atoms with Gasteiger partial charge >= 0.3 is 0 Å². The first-order valence-corrected chi connectivity index (χ1v) is 8.02. The second-order valence-electron chi connectivity index (χ2n) is 7.84. The molecule has 1 rings (SSSR count). The highest BCUT2D eigenvalue weighted by Crippen LogP contribution is 2.39. The predicted octanol–water partition coefficient (Wildman–Crippen LogP) is 4.96. The molecule has 2 nitrogen and oxygen atoms in total. The minimum atomic E-state index is -0.0555. The van der Waals surface area contributed by atoms with E-state index in [0.29, 0.717) is 5.75 Å². The highest BCUT2D eigenvalue weighted by atomic mass is 16.5. The van der Waals surface area contributed by atoms with Crippen LogP contribution in [0.4, 0.5) is 0 Å². The zero-order valence-electron chi connectivity index (χ0n) is 14.8. The highest BCUT2D eigenvalue weighted by Gasteiger charge is 2.26. The molecule has 0 aromatic heterocycles. The summed E-state index contributed by atoms with van der Waals surface area (Å²) in [6, 6.07) is 4.33. The van der Waals surface area contributed by atoms with Gasteiger partial charge in [0.15, 0.2) is 0 Å². The van der Waals surface area contributed by atoms with E-state index in [1.165, 1.54) is 5.56 Å². The SMILES string of the molecule is CCOCCCc1cc(C(C)(C)C)c(O)c(C(C)(C)C)c1. The van der Waals surface area contributed by atoms with Crippen molar-refractivity contribution < 1.29 is 9.84 Å². The molecule has 1 aromatic rings. The first-order chi connectivity index (χ1) is 9.57. The Balaban J connectivity index is 3.15. The smallest absolute Gasteiger partial charge is 0.123 e. The van der Waals surface area contributed by atoms with Gasteiger partial charge in [-0.1, -0.05) is 53.7 Å². The Morgan fingerprint density at radius 3 is 1.81 bits per heavy atom. The average molecular weight is 292 g/mol. The molecule has 120 valence electrons. The first kappa shape index (κ1) is 18.0. The summed E-state index contributed by atoms with van der Waals surface area (Å²) in [6.07, 6.45) is 2.01. The maximum Gasteiger partial charge on any atom is 0.123 e. The zero-order valence-corrected chi connectivity index (χ0v) is 14.8. The van der Waals surface area contributed by atoms with Crippen LogP contribution in [0.2, 0.25) is 0 Å². The number of aryl methyl sites for hydroxylation is 1. The predicted molar refractivity (Wildman–Crippen MR) is 90.3 cm³/mol. The third kappa shape index (κ3) is 5.03. The summed E-state index contributed by atoms with van der Waals surface area (Å²) in [5, 5.41) is 10.7. The lowest BCUT2D eigenvalue weighted by Gasteiger charge is -2.28. The summed E-state index contributed by atoms with van der Waals surface area (Å²) in [4.78, 5) is 0. The number of ether oxygens (including phenoxy) is 1. The molecule has 0 radical (unpaired) electrons. The van der Waals surface area contributed by atoms with Crippen LogP contribution in [0.15, 0.2) is 12.1 Å². The molecule has 0 aliphatic rings. The molecule has 2 heteroatoms. The summed E-state index contributed by atoms with van der Waals surface area (Å²) < 4.78 is 5.42. The quantitative estimate of drug-likeness (QED) is 0.778. The van der Waals surface area contributed by atoms with Crippen LogP contribution in [0.25, 0.3) is 0 Å². The molecule has 0 atom stereocenters. The van der Waals surface area contributed by atoms with Gasteiger partial charge in [0.2, 0.25) is 0 Å². The lowest BCUT2D eigenvalue weighted by molar-refractivity contribution is 0.145. The molecule has 0 saturated carbocycles. The standard InChI is InChI=1S/C19H32O2/c1-8-21-11-9-10-14-12-15(18(2,3)4)17(20)16(13-14)19(5,6)7/h12-13,20H,8-11H2,1-7H3. The van der Waals surface area contributed by atoms with Gasteiger partial charge in [-0.05, 0) is 47.3 Å². The van der Waals surface area contributed by atoms with Crippen molar-refractivity contribution in [2.24, 2.45) is 0 Å². The van der Waals surface area contributed by atoms with E-state index < -0.39 is 0 Å². The number of phenolic OH excluding ortho intramolecular Hbond substituents is 1. The van der Waals surface area contributed by atoms with Crippen LogP contribution in [-0.2, 0) is 22.0 Å². The molecular weight excluding hydrogens is 260 g/mol. The molecule has 0 saturated heterocycles. The van der Waals surface area contributed by atoms with Crippen molar-refractivity contribution in [1.82, 2.24) is 0 Å². The van der Waals surface area contributed by atoms with Crippen LogP contribution in [0.3, 0.4) is 0 Å². The molecule has 1 N–H and O–H groups in total. The minimum absolute atomic E-state index is 0.0555. The summed E-state index contributed by atoms with van der Waals surface area (Å²) in [6.45, 7) is 16.5. The number of phenols is 1. The summed E-state index contributed by atoms with van der Waals surface area (Å²) in [5.41, 5.74) is 3.27. The van der Waals surface area contributed by atoms with E-state index >= 15 is 0 Å². The molecule has 0 aliphatic heterocycles. The molecule has 0 aliphatic carbocycles. The summed E-state index contributed by atoms with van der Waals surface area (Å²) in [7, 11) is 0. The van der Waals surface area contributed by atoms with Gasteiger partial charge in [0.05, 0.1) is 0 Å². The van der Waals surface area contributed by atoms with Crippen LogP contribution in [-0.4, -0.2) is 18.3 Å². The normalized spacial score (nSPS) is 12.7. The zero-order chi connectivity index (χ0) is 16.3. The fourth-order valence-electron chi connectivity index (χ4n) is 2.50. The summed E-state index contributed by atoms with van der Waals surface area (Å²) in [5.74, 6) is 0.462. The van der Waals surface area contributed by atoms with Gasteiger partial charge in [0.25, 0.3) is 0 Å². The number of benzene rings is 1. The molecule has 0 amide bonds. The molecule has 21 heavy (non-hydrogen) atoms. The monoisotopic (exact) mass is 292 g/mol. The Labute approximate surface area is 130 Å². The van der Waals surface area contributed by atoms with E-state index in [2.05, 4.69) is 53.7 Å². The van der Waals surface area contributed by atoms with Gasteiger partial charge in [-0.25, -0.2) is 0 Å². The number of hydrogen-bond donors (Lipinski definition) is 1. The van der Waals surface area contributed by atoms with E-state index in [0.717, 1.165) is 37.2 Å². The topological polar surface area (TPSA) is 29.5 Å². The van der Waals surface area contributed by atoms with E-state index in [1.54, 1.807) is 0 Å². The van der Waals surface area contributed by atoms with E-state index in [1.807, 2.05) is 6.92 Å². The fourth-order valence-corrected chi connectivity index (χ4v) is 2.50. The lowest BCUT2D eigenvalue weighted by atomic mass is 9.78. The van der Waals surface area contributed by atoms with Gasteiger partial charge in [0, 0.05) is 13.2 Å².